The third-order valence-corrected chi connectivity index (χ3v) is 2.41. The topological polar surface area (TPSA) is 52.7 Å². The third kappa shape index (κ3) is 1.56. The van der Waals surface area contributed by atoms with Gasteiger partial charge in [0.1, 0.15) is 12.7 Å². The first kappa shape index (κ1) is 9.64. The minimum atomic E-state index is 0.0128. The molecule has 0 radical (unpaired) electrons. The summed E-state index contributed by atoms with van der Waals surface area (Å²) in [6.45, 7) is 4.51. The van der Waals surface area contributed by atoms with Gasteiger partial charge in [0.15, 0.2) is 0 Å². The van der Waals surface area contributed by atoms with Crippen LogP contribution < -0.4 is 5.56 Å². The first-order valence-corrected chi connectivity index (χ1v) is 4.79. The van der Waals surface area contributed by atoms with Gasteiger partial charge in [0.25, 0.3) is 5.56 Å². The maximum absolute atomic E-state index is 11.5. The van der Waals surface area contributed by atoms with Gasteiger partial charge < -0.3 is 4.57 Å². The summed E-state index contributed by atoms with van der Waals surface area (Å²) in [7, 11) is 0. The van der Waals surface area contributed by atoms with Crippen LogP contribution in [-0.4, -0.2) is 19.3 Å². The predicted octanol–water partition coefficient (Wildman–Crippen LogP) is 0.757. The zero-order valence-corrected chi connectivity index (χ0v) is 8.71. The summed E-state index contributed by atoms with van der Waals surface area (Å²) in [5.41, 5.74) is 1.79. The van der Waals surface area contributed by atoms with E-state index < -0.39 is 0 Å². The van der Waals surface area contributed by atoms with Crippen molar-refractivity contribution in [3.8, 4) is 5.69 Å². The SMILES string of the molecule is CCn1c(C)c(-n2cncn2)ccc1=O. The molecule has 0 atom stereocenters. The molecule has 0 aromatic carbocycles. The van der Waals surface area contributed by atoms with Crippen LogP contribution >= 0.6 is 0 Å². The highest BCUT2D eigenvalue weighted by atomic mass is 16.1. The van der Waals surface area contributed by atoms with Gasteiger partial charge in [0.05, 0.1) is 5.69 Å². The van der Waals surface area contributed by atoms with Crippen LogP contribution in [0.2, 0.25) is 0 Å². The minimum absolute atomic E-state index is 0.0128. The average molecular weight is 204 g/mol. The Balaban J connectivity index is 2.65. The number of hydrogen-bond acceptors (Lipinski definition) is 3. The zero-order chi connectivity index (χ0) is 10.8. The Labute approximate surface area is 87.0 Å². The Morgan fingerprint density at radius 2 is 2.20 bits per heavy atom. The van der Waals surface area contributed by atoms with E-state index in [0.717, 1.165) is 11.4 Å². The molecule has 0 N–H and O–H groups in total. The molecular weight excluding hydrogens is 192 g/mol. The molecule has 0 saturated carbocycles. The molecule has 15 heavy (non-hydrogen) atoms. The molecule has 0 aliphatic carbocycles. The Kier molecular flexibility index (Phi) is 2.37. The van der Waals surface area contributed by atoms with Crippen molar-refractivity contribution >= 4 is 0 Å². The van der Waals surface area contributed by atoms with Gasteiger partial charge in [-0.05, 0) is 19.9 Å². The number of nitrogens with zero attached hydrogens (tertiary/aromatic N) is 4. The molecule has 0 unspecified atom stereocenters. The van der Waals surface area contributed by atoms with Crippen molar-refractivity contribution in [3.05, 3.63) is 40.8 Å². The maximum atomic E-state index is 11.5. The van der Waals surface area contributed by atoms with E-state index in [0.29, 0.717) is 6.54 Å². The van der Waals surface area contributed by atoms with E-state index >= 15 is 0 Å². The molecule has 2 rings (SSSR count). The van der Waals surface area contributed by atoms with Crippen LogP contribution in [0, 0.1) is 6.92 Å². The minimum Gasteiger partial charge on any atom is -0.311 e. The first-order valence-electron chi connectivity index (χ1n) is 4.79. The highest BCUT2D eigenvalue weighted by molar-refractivity contribution is 5.34. The molecule has 5 heteroatoms. The first-order chi connectivity index (χ1) is 7.24. The standard InChI is InChI=1S/C10H12N4O/c1-3-13-8(2)9(4-5-10(13)15)14-7-11-6-12-14/h4-7H,3H2,1-2H3. The van der Waals surface area contributed by atoms with E-state index in [9.17, 15) is 4.79 Å². The molecule has 0 bridgehead atoms. The Morgan fingerprint density at radius 3 is 2.80 bits per heavy atom. The van der Waals surface area contributed by atoms with E-state index in [4.69, 9.17) is 0 Å². The monoisotopic (exact) mass is 204 g/mol. The van der Waals surface area contributed by atoms with Crippen LogP contribution in [-0.2, 0) is 6.54 Å². The summed E-state index contributed by atoms with van der Waals surface area (Å²) in [5, 5.41) is 4.04. The normalized spacial score (nSPS) is 10.5. The van der Waals surface area contributed by atoms with Crippen LogP contribution in [0.15, 0.2) is 29.6 Å². The van der Waals surface area contributed by atoms with Crippen molar-refractivity contribution in [3.63, 3.8) is 0 Å². The fraction of sp³-hybridized carbons (Fsp3) is 0.300. The molecule has 0 amide bonds. The van der Waals surface area contributed by atoms with Gasteiger partial charge >= 0.3 is 0 Å². The Morgan fingerprint density at radius 1 is 1.40 bits per heavy atom. The van der Waals surface area contributed by atoms with E-state index in [1.54, 1.807) is 27.7 Å². The van der Waals surface area contributed by atoms with E-state index in [1.807, 2.05) is 13.8 Å². The second-order valence-electron chi connectivity index (χ2n) is 3.23. The van der Waals surface area contributed by atoms with E-state index in [2.05, 4.69) is 10.1 Å². The summed E-state index contributed by atoms with van der Waals surface area (Å²) in [5.74, 6) is 0. The third-order valence-electron chi connectivity index (χ3n) is 2.41. The molecule has 0 saturated heterocycles. The van der Waals surface area contributed by atoms with Gasteiger partial charge in [-0.15, -0.1) is 0 Å². The van der Waals surface area contributed by atoms with Gasteiger partial charge in [0.2, 0.25) is 0 Å². The van der Waals surface area contributed by atoms with Crippen LogP contribution in [0.4, 0.5) is 0 Å². The number of rotatable bonds is 2. The van der Waals surface area contributed by atoms with Crippen LogP contribution in [0.5, 0.6) is 0 Å². The Bertz CT molecular complexity index is 513. The fourth-order valence-corrected chi connectivity index (χ4v) is 1.63. The van der Waals surface area contributed by atoms with E-state index in [-0.39, 0.29) is 5.56 Å². The molecule has 2 aromatic rings. The van der Waals surface area contributed by atoms with Gasteiger partial charge in [-0.2, -0.15) is 5.10 Å². The van der Waals surface area contributed by atoms with Crippen molar-refractivity contribution in [2.75, 3.05) is 0 Å². The summed E-state index contributed by atoms with van der Waals surface area (Å²) in [6, 6.07) is 3.31. The molecule has 2 heterocycles. The molecular formula is C10H12N4O. The predicted molar refractivity (Wildman–Crippen MR) is 56.0 cm³/mol. The smallest absolute Gasteiger partial charge is 0.250 e. The quantitative estimate of drug-likeness (QED) is 0.725. The lowest BCUT2D eigenvalue weighted by Gasteiger charge is -2.11. The van der Waals surface area contributed by atoms with Crippen molar-refractivity contribution in [1.82, 2.24) is 19.3 Å². The number of aromatic nitrogens is 4. The van der Waals surface area contributed by atoms with Gasteiger partial charge in [0, 0.05) is 18.3 Å². The lowest BCUT2D eigenvalue weighted by Crippen LogP contribution is -2.22. The number of pyridine rings is 1. The summed E-state index contributed by atoms with van der Waals surface area (Å²) >= 11 is 0. The summed E-state index contributed by atoms with van der Waals surface area (Å²) < 4.78 is 3.36. The van der Waals surface area contributed by atoms with Crippen LogP contribution in [0.25, 0.3) is 5.69 Å². The molecule has 0 fully saturated rings. The highest BCUT2D eigenvalue weighted by Crippen LogP contribution is 2.09. The lowest BCUT2D eigenvalue weighted by atomic mass is 10.3. The van der Waals surface area contributed by atoms with Crippen LogP contribution in [0.3, 0.4) is 0 Å². The van der Waals surface area contributed by atoms with E-state index in [1.165, 1.54) is 6.33 Å². The largest absolute Gasteiger partial charge is 0.311 e. The van der Waals surface area contributed by atoms with Crippen molar-refractivity contribution < 1.29 is 0 Å². The van der Waals surface area contributed by atoms with Crippen molar-refractivity contribution in [1.29, 1.82) is 0 Å². The Hall–Kier alpha value is -1.91. The number of hydrogen-bond donors (Lipinski definition) is 0. The second kappa shape index (κ2) is 3.68. The molecule has 5 nitrogen and oxygen atoms in total. The van der Waals surface area contributed by atoms with Gasteiger partial charge in [-0.25, -0.2) is 9.67 Å². The molecule has 0 aliphatic rings. The fourth-order valence-electron chi connectivity index (χ4n) is 1.63. The second-order valence-corrected chi connectivity index (χ2v) is 3.23. The van der Waals surface area contributed by atoms with Gasteiger partial charge in [-0.3, -0.25) is 4.79 Å². The highest BCUT2D eigenvalue weighted by Gasteiger charge is 2.06. The molecule has 2 aromatic heterocycles. The molecule has 78 valence electrons. The zero-order valence-electron chi connectivity index (χ0n) is 8.71. The summed E-state index contributed by atoms with van der Waals surface area (Å²) in [6.07, 6.45) is 3.09. The molecule has 0 aliphatic heterocycles. The van der Waals surface area contributed by atoms with Crippen LogP contribution in [0.1, 0.15) is 12.6 Å². The van der Waals surface area contributed by atoms with Gasteiger partial charge in [-0.1, -0.05) is 0 Å². The average Bonchev–Trinajstić information content (AvgIpc) is 2.71. The van der Waals surface area contributed by atoms with Crippen molar-refractivity contribution in [2.24, 2.45) is 0 Å². The summed E-state index contributed by atoms with van der Waals surface area (Å²) in [4.78, 5) is 15.4. The van der Waals surface area contributed by atoms with Crippen molar-refractivity contribution in [2.45, 2.75) is 20.4 Å². The maximum Gasteiger partial charge on any atom is 0.250 e. The lowest BCUT2D eigenvalue weighted by molar-refractivity contribution is 0.686. The molecule has 0 spiro atoms.